The lowest BCUT2D eigenvalue weighted by molar-refractivity contribution is -0.140. The highest BCUT2D eigenvalue weighted by Crippen LogP contribution is 2.43. The molecule has 1 aromatic carbocycles. The monoisotopic (exact) mass is 404 g/mol. The van der Waals surface area contributed by atoms with Crippen LogP contribution < -0.4 is 19.5 Å². The van der Waals surface area contributed by atoms with Gasteiger partial charge in [-0.05, 0) is 24.6 Å². The summed E-state index contributed by atoms with van der Waals surface area (Å²) < 4.78 is 28.3. The summed E-state index contributed by atoms with van der Waals surface area (Å²) in [5, 5.41) is 7.39. The number of nitrogens with one attached hydrogen (secondary N) is 1. The van der Waals surface area contributed by atoms with Crippen LogP contribution in [0.25, 0.3) is 0 Å². The van der Waals surface area contributed by atoms with Gasteiger partial charge in [-0.15, -0.1) is 0 Å². The predicted molar refractivity (Wildman–Crippen MR) is 103 cm³/mol. The van der Waals surface area contributed by atoms with E-state index in [0.29, 0.717) is 46.6 Å². The van der Waals surface area contributed by atoms with Crippen LogP contribution in [0.1, 0.15) is 18.5 Å². The Labute approximate surface area is 168 Å². The van der Waals surface area contributed by atoms with Gasteiger partial charge in [0.1, 0.15) is 19.0 Å². The Balaban J connectivity index is 2.12. The van der Waals surface area contributed by atoms with E-state index in [1.54, 1.807) is 30.8 Å². The van der Waals surface area contributed by atoms with Crippen LogP contribution in [0.2, 0.25) is 0 Å². The van der Waals surface area contributed by atoms with Crippen molar-refractivity contribution in [3.8, 4) is 17.2 Å². The smallest absolute Gasteiger partial charge is 0.338 e. The maximum absolute atomic E-state index is 12.9. The molecular formula is C19H24N4O6. The Morgan fingerprint density at radius 2 is 1.79 bits per heavy atom. The molecule has 2 aromatic rings. The Morgan fingerprint density at radius 3 is 2.38 bits per heavy atom. The van der Waals surface area contributed by atoms with E-state index in [9.17, 15) is 4.79 Å². The van der Waals surface area contributed by atoms with Crippen molar-refractivity contribution in [2.45, 2.75) is 13.0 Å². The van der Waals surface area contributed by atoms with Gasteiger partial charge in [-0.25, -0.2) is 9.48 Å². The number of allylic oxidation sites excluding steroid dienone is 1. The Morgan fingerprint density at radius 1 is 1.10 bits per heavy atom. The van der Waals surface area contributed by atoms with Gasteiger partial charge in [0, 0.05) is 12.8 Å². The van der Waals surface area contributed by atoms with Crippen molar-refractivity contribution in [3.63, 3.8) is 0 Å². The molecule has 1 aliphatic rings. The summed E-state index contributed by atoms with van der Waals surface area (Å²) in [6, 6.07) is 2.95. The van der Waals surface area contributed by atoms with Crippen molar-refractivity contribution in [2.24, 2.45) is 0 Å². The fourth-order valence-electron chi connectivity index (χ4n) is 3.22. The molecule has 0 saturated carbocycles. The lowest BCUT2D eigenvalue weighted by Crippen LogP contribution is -2.30. The number of esters is 1. The quantitative estimate of drug-likeness (QED) is 0.520. The highest BCUT2D eigenvalue weighted by atomic mass is 16.6. The van der Waals surface area contributed by atoms with Crippen LogP contribution in [0.3, 0.4) is 0 Å². The van der Waals surface area contributed by atoms with E-state index in [-0.39, 0.29) is 6.61 Å². The molecule has 10 nitrogen and oxygen atoms in total. The van der Waals surface area contributed by atoms with E-state index < -0.39 is 12.0 Å². The topological polar surface area (TPSA) is 106 Å². The number of aromatic nitrogens is 3. The summed E-state index contributed by atoms with van der Waals surface area (Å²) in [5.74, 6) is 1.41. The second-order valence-electron chi connectivity index (χ2n) is 6.18. The lowest BCUT2D eigenvalue weighted by atomic mass is 9.95. The summed E-state index contributed by atoms with van der Waals surface area (Å²) in [7, 11) is 6.14. The van der Waals surface area contributed by atoms with Crippen molar-refractivity contribution in [1.29, 1.82) is 0 Å². The highest BCUT2D eigenvalue weighted by Gasteiger charge is 2.35. The molecule has 0 spiro atoms. The molecular weight excluding hydrogens is 380 g/mol. The molecule has 1 aromatic heterocycles. The maximum Gasteiger partial charge on any atom is 0.338 e. The zero-order chi connectivity index (χ0) is 21.0. The molecule has 10 heteroatoms. The van der Waals surface area contributed by atoms with Crippen LogP contribution in [0.5, 0.6) is 17.2 Å². The minimum atomic E-state index is -0.600. The van der Waals surface area contributed by atoms with Crippen LogP contribution in [-0.4, -0.2) is 62.4 Å². The van der Waals surface area contributed by atoms with Gasteiger partial charge in [0.05, 0.1) is 33.5 Å². The maximum atomic E-state index is 12.9. The number of ether oxygens (including phenoxy) is 5. The normalized spacial score (nSPS) is 15.4. The lowest BCUT2D eigenvalue weighted by Gasteiger charge is -2.29. The third-order valence-corrected chi connectivity index (χ3v) is 4.54. The van der Waals surface area contributed by atoms with Crippen molar-refractivity contribution in [2.75, 3.05) is 47.0 Å². The third-order valence-electron chi connectivity index (χ3n) is 4.54. The first kappa shape index (κ1) is 20.5. The average molecular weight is 404 g/mol. The summed E-state index contributed by atoms with van der Waals surface area (Å²) >= 11 is 0. The number of hydrogen-bond donors (Lipinski definition) is 1. The number of nitrogens with zero attached hydrogens (tertiary/aromatic N) is 3. The van der Waals surface area contributed by atoms with Crippen molar-refractivity contribution < 1.29 is 28.5 Å². The van der Waals surface area contributed by atoms with Gasteiger partial charge >= 0.3 is 5.97 Å². The number of fused-ring (bicyclic) bond motifs is 1. The number of methoxy groups -OCH3 is 4. The Bertz CT molecular complexity index is 898. The summed E-state index contributed by atoms with van der Waals surface area (Å²) in [5.41, 5.74) is 1.71. The summed E-state index contributed by atoms with van der Waals surface area (Å²) in [6.07, 6.45) is 1.42. The summed E-state index contributed by atoms with van der Waals surface area (Å²) in [4.78, 5) is 17.1. The van der Waals surface area contributed by atoms with Crippen LogP contribution >= 0.6 is 0 Å². The minimum Gasteiger partial charge on any atom is -0.493 e. The Hall–Kier alpha value is -3.27. The van der Waals surface area contributed by atoms with Gasteiger partial charge in [0.15, 0.2) is 11.5 Å². The predicted octanol–water partition coefficient (Wildman–Crippen LogP) is 1.78. The van der Waals surface area contributed by atoms with Crippen LogP contribution in [-0.2, 0) is 14.3 Å². The van der Waals surface area contributed by atoms with E-state index in [4.69, 9.17) is 23.7 Å². The third kappa shape index (κ3) is 3.83. The standard InChI is InChI=1S/C19H24N4O6/c1-11-15(18(24)29-7-6-25-2)16(23-19(22-11)20-10-21-23)12-8-13(26-3)17(28-5)14(9-12)27-4/h8-10,16H,6-7H2,1-5H3,(H,20,21,22)/t16-/m1/s1. The van der Waals surface area contributed by atoms with Gasteiger partial charge in [-0.2, -0.15) is 10.1 Å². The van der Waals surface area contributed by atoms with Crippen molar-refractivity contribution >= 4 is 11.9 Å². The van der Waals surface area contributed by atoms with Crippen molar-refractivity contribution in [1.82, 2.24) is 14.8 Å². The molecule has 1 atom stereocenters. The van der Waals surface area contributed by atoms with E-state index in [1.807, 2.05) is 0 Å². The van der Waals surface area contributed by atoms with E-state index >= 15 is 0 Å². The molecule has 2 heterocycles. The molecule has 1 aliphatic heterocycles. The number of anilines is 1. The number of hydrogen-bond acceptors (Lipinski definition) is 9. The molecule has 156 valence electrons. The number of carbonyl (C=O) groups excluding carboxylic acids is 1. The highest BCUT2D eigenvalue weighted by molar-refractivity contribution is 5.92. The zero-order valence-electron chi connectivity index (χ0n) is 17.0. The number of benzene rings is 1. The van der Waals surface area contributed by atoms with Gasteiger partial charge in [0.25, 0.3) is 0 Å². The van der Waals surface area contributed by atoms with E-state index in [2.05, 4.69) is 15.4 Å². The first-order valence-electron chi connectivity index (χ1n) is 8.88. The molecule has 29 heavy (non-hydrogen) atoms. The molecule has 3 rings (SSSR count). The second kappa shape index (κ2) is 8.82. The van der Waals surface area contributed by atoms with Crippen LogP contribution in [0, 0.1) is 0 Å². The van der Waals surface area contributed by atoms with E-state index in [1.165, 1.54) is 27.7 Å². The first-order valence-corrected chi connectivity index (χ1v) is 8.88. The first-order chi connectivity index (χ1) is 14.0. The second-order valence-corrected chi connectivity index (χ2v) is 6.18. The fraction of sp³-hybridized carbons (Fsp3) is 0.421. The van der Waals surface area contributed by atoms with Gasteiger partial charge in [-0.3, -0.25) is 0 Å². The van der Waals surface area contributed by atoms with Crippen LogP contribution in [0.4, 0.5) is 5.95 Å². The molecule has 0 saturated heterocycles. The molecule has 0 radical (unpaired) electrons. The average Bonchev–Trinajstić information content (AvgIpc) is 3.19. The van der Waals surface area contributed by atoms with Crippen molar-refractivity contribution in [3.05, 3.63) is 35.3 Å². The molecule has 0 unspecified atom stereocenters. The van der Waals surface area contributed by atoms with Gasteiger partial charge in [-0.1, -0.05) is 0 Å². The summed E-state index contributed by atoms with van der Waals surface area (Å²) in [6.45, 7) is 2.23. The van der Waals surface area contributed by atoms with Gasteiger partial charge < -0.3 is 29.0 Å². The molecule has 0 bridgehead atoms. The SMILES string of the molecule is COCCOC(=O)C1=C(C)Nc2ncnn2[C@@H]1c1cc(OC)c(OC)c(OC)c1. The van der Waals surface area contributed by atoms with Gasteiger partial charge in [0.2, 0.25) is 11.7 Å². The fourth-order valence-corrected chi connectivity index (χ4v) is 3.22. The minimum absolute atomic E-state index is 0.137. The Kier molecular flexibility index (Phi) is 6.23. The zero-order valence-corrected chi connectivity index (χ0v) is 17.0. The molecule has 0 amide bonds. The number of rotatable bonds is 8. The molecule has 0 aliphatic carbocycles. The largest absolute Gasteiger partial charge is 0.493 e. The molecule has 1 N–H and O–H groups in total. The van der Waals surface area contributed by atoms with Crippen LogP contribution in [0.15, 0.2) is 29.7 Å². The number of carbonyl (C=O) groups is 1. The van der Waals surface area contributed by atoms with E-state index in [0.717, 1.165) is 0 Å². The molecule has 0 fully saturated rings.